The Kier molecular flexibility index (Phi) is 9.31. The number of phenolic OH excluding ortho intramolecular Hbond substituents is 1. The van der Waals surface area contributed by atoms with Crippen LogP contribution in [0.5, 0.6) is 23.0 Å². The van der Waals surface area contributed by atoms with Gasteiger partial charge in [0.2, 0.25) is 12.0 Å². The number of fused-ring (bicyclic) bond motifs is 1. The van der Waals surface area contributed by atoms with Crippen LogP contribution in [-0.4, -0.2) is 118 Å². The molecule has 10 atom stereocenters. The normalized spacial score (nSPS) is 32.4. The zero-order valence-electron chi connectivity index (χ0n) is 23.8. The number of aromatic hydroxyl groups is 1. The second kappa shape index (κ2) is 12.8. The van der Waals surface area contributed by atoms with Gasteiger partial charge in [0.15, 0.2) is 23.2 Å². The smallest absolute Gasteiger partial charge is 0.229 e. The highest BCUT2D eigenvalue weighted by Gasteiger charge is 2.50. The number of ether oxygens (including phenoxy) is 6. The molecule has 0 bridgehead atoms. The van der Waals surface area contributed by atoms with E-state index in [1.807, 2.05) is 0 Å². The fourth-order valence-electron chi connectivity index (χ4n) is 5.17. The molecule has 5 rings (SSSR count). The first kappa shape index (κ1) is 31.9. The molecular formula is C29H34O15. The van der Waals surface area contributed by atoms with E-state index in [9.17, 15) is 40.5 Å². The van der Waals surface area contributed by atoms with Gasteiger partial charge in [0.25, 0.3) is 0 Å². The molecular weight excluding hydrogens is 588 g/mol. The van der Waals surface area contributed by atoms with Crippen LogP contribution >= 0.6 is 0 Å². The second-order valence-electron chi connectivity index (χ2n) is 10.4. The molecule has 0 amide bonds. The number of benzene rings is 2. The largest absolute Gasteiger partial charge is 0.504 e. The summed E-state index contributed by atoms with van der Waals surface area (Å²) in [4.78, 5) is 13.0. The minimum Gasteiger partial charge on any atom is -0.504 e. The molecule has 2 aromatic carbocycles. The van der Waals surface area contributed by atoms with E-state index in [1.54, 1.807) is 24.3 Å². The van der Waals surface area contributed by atoms with Gasteiger partial charge in [-0.2, -0.15) is 0 Å². The standard InChI is InChI=1S/C29H34O15/c1-11-20(32)22(34)24(36)28(40-11)44-27-18(10-30)43-29(25(37)23(27)35)42-17-9-16-19(21(33)26(17)39-3)14(31)8-15(41-16)12-4-6-13(38-2)7-5-12/h4-9,11,18,20,22-25,27-30,32-37H,10H2,1-3H3/t11-,18-,20-,22+,23-,24+,25-,27+,28+,29-/m1/s1. The van der Waals surface area contributed by atoms with Gasteiger partial charge in [-0.3, -0.25) is 4.79 Å². The molecule has 44 heavy (non-hydrogen) atoms. The third-order valence-electron chi connectivity index (χ3n) is 7.65. The summed E-state index contributed by atoms with van der Waals surface area (Å²) < 4.78 is 38.8. The highest BCUT2D eigenvalue weighted by atomic mass is 16.7. The lowest BCUT2D eigenvalue weighted by atomic mass is 9.97. The molecule has 1 aromatic heterocycles. The third kappa shape index (κ3) is 5.81. The second-order valence-corrected chi connectivity index (χ2v) is 10.4. The van der Waals surface area contributed by atoms with Gasteiger partial charge in [-0.1, -0.05) is 0 Å². The van der Waals surface area contributed by atoms with Gasteiger partial charge in [0.05, 0.1) is 26.9 Å². The van der Waals surface area contributed by atoms with Crippen LogP contribution in [0.1, 0.15) is 6.92 Å². The fraction of sp³-hybridized carbons (Fsp3) is 0.483. The first-order chi connectivity index (χ1) is 21.0. The number of phenols is 1. The van der Waals surface area contributed by atoms with Crippen molar-refractivity contribution in [2.45, 2.75) is 68.3 Å². The van der Waals surface area contributed by atoms with Gasteiger partial charge < -0.3 is 68.6 Å². The fourth-order valence-corrected chi connectivity index (χ4v) is 5.17. The minimum absolute atomic E-state index is 0.0966. The zero-order valence-corrected chi connectivity index (χ0v) is 23.8. The lowest BCUT2D eigenvalue weighted by Crippen LogP contribution is -2.64. The predicted octanol–water partition coefficient (Wildman–Crippen LogP) is -0.787. The third-order valence-corrected chi connectivity index (χ3v) is 7.65. The molecule has 15 heteroatoms. The molecule has 2 aliphatic heterocycles. The van der Waals surface area contributed by atoms with Gasteiger partial charge in [0, 0.05) is 17.7 Å². The number of hydrogen-bond donors (Lipinski definition) is 7. The number of aliphatic hydroxyl groups excluding tert-OH is 6. The molecule has 2 aliphatic rings. The van der Waals surface area contributed by atoms with Crippen molar-refractivity contribution in [1.82, 2.24) is 0 Å². The van der Waals surface area contributed by atoms with Crippen LogP contribution in [0, 0.1) is 0 Å². The van der Waals surface area contributed by atoms with Crippen LogP contribution < -0.4 is 19.6 Å². The van der Waals surface area contributed by atoms with Crippen LogP contribution in [0.2, 0.25) is 0 Å². The Hall–Kier alpha value is -3.51. The maximum atomic E-state index is 13.0. The summed E-state index contributed by atoms with van der Waals surface area (Å²) in [6.45, 7) is 0.679. The van der Waals surface area contributed by atoms with Crippen LogP contribution in [-0.2, 0) is 14.2 Å². The van der Waals surface area contributed by atoms with Crippen molar-refractivity contribution in [3.8, 4) is 34.3 Å². The molecule has 3 heterocycles. The van der Waals surface area contributed by atoms with E-state index in [0.29, 0.717) is 11.3 Å². The van der Waals surface area contributed by atoms with Crippen LogP contribution in [0.25, 0.3) is 22.3 Å². The lowest BCUT2D eigenvalue weighted by Gasteiger charge is -2.45. The van der Waals surface area contributed by atoms with E-state index in [-0.39, 0.29) is 28.2 Å². The molecule has 240 valence electrons. The monoisotopic (exact) mass is 622 g/mol. The molecule has 7 N–H and O–H groups in total. The Morgan fingerprint density at radius 1 is 0.841 bits per heavy atom. The molecule has 2 saturated heterocycles. The van der Waals surface area contributed by atoms with Crippen molar-refractivity contribution in [2.75, 3.05) is 20.8 Å². The van der Waals surface area contributed by atoms with Gasteiger partial charge in [-0.25, -0.2) is 0 Å². The van der Waals surface area contributed by atoms with Crippen molar-refractivity contribution in [1.29, 1.82) is 0 Å². The van der Waals surface area contributed by atoms with Crippen LogP contribution in [0.4, 0.5) is 0 Å². The van der Waals surface area contributed by atoms with E-state index < -0.39 is 79.2 Å². The molecule has 0 radical (unpaired) electrons. The average molecular weight is 623 g/mol. The Morgan fingerprint density at radius 2 is 1.52 bits per heavy atom. The summed E-state index contributed by atoms with van der Waals surface area (Å²) >= 11 is 0. The molecule has 3 aromatic rings. The summed E-state index contributed by atoms with van der Waals surface area (Å²) in [5.74, 6) is -0.391. The van der Waals surface area contributed by atoms with Crippen LogP contribution in [0.15, 0.2) is 45.6 Å². The number of hydrogen-bond acceptors (Lipinski definition) is 15. The molecule has 0 spiro atoms. The molecule has 2 fully saturated rings. The summed E-state index contributed by atoms with van der Waals surface area (Å²) in [7, 11) is 2.72. The zero-order chi connectivity index (χ0) is 31.9. The summed E-state index contributed by atoms with van der Waals surface area (Å²) in [6, 6.07) is 9.13. The minimum atomic E-state index is -1.84. The molecule has 0 aliphatic carbocycles. The van der Waals surface area contributed by atoms with Crippen molar-refractivity contribution >= 4 is 11.0 Å². The topological polar surface area (TPSA) is 227 Å². The number of aliphatic hydroxyl groups is 6. The Morgan fingerprint density at radius 3 is 2.16 bits per heavy atom. The number of rotatable bonds is 8. The maximum absolute atomic E-state index is 13.0. The highest BCUT2D eigenvalue weighted by molar-refractivity contribution is 5.89. The molecule has 0 unspecified atom stereocenters. The van der Waals surface area contributed by atoms with E-state index in [4.69, 9.17) is 32.8 Å². The van der Waals surface area contributed by atoms with Gasteiger partial charge in [0.1, 0.15) is 65.2 Å². The Bertz CT molecular complexity index is 1510. The van der Waals surface area contributed by atoms with E-state index in [1.165, 1.54) is 33.3 Å². The van der Waals surface area contributed by atoms with E-state index in [2.05, 4.69) is 0 Å². The maximum Gasteiger partial charge on any atom is 0.229 e. The van der Waals surface area contributed by atoms with Gasteiger partial charge in [-0.05, 0) is 31.2 Å². The van der Waals surface area contributed by atoms with Gasteiger partial charge >= 0.3 is 0 Å². The number of methoxy groups -OCH3 is 2. The average Bonchev–Trinajstić information content (AvgIpc) is 3.01. The lowest BCUT2D eigenvalue weighted by molar-refractivity contribution is -0.349. The summed E-state index contributed by atoms with van der Waals surface area (Å²) in [5, 5.41) is 72.9. The summed E-state index contributed by atoms with van der Waals surface area (Å²) in [5.41, 5.74) is -0.138. The SMILES string of the molecule is COc1ccc(-c2cc(=O)c3c(O)c(OC)c(O[C@@H]4O[C@H](CO)[C@H](O[C@@H]5O[C@H](C)[C@@H](O)[C@H](O)[C@@H]5O)[C@H](O)[C@H]4O)cc3o2)cc1. The predicted molar refractivity (Wildman–Crippen MR) is 148 cm³/mol. The first-order valence-electron chi connectivity index (χ1n) is 13.7. The molecule has 15 nitrogen and oxygen atoms in total. The van der Waals surface area contributed by atoms with Crippen molar-refractivity contribution < 1.29 is 68.6 Å². The van der Waals surface area contributed by atoms with Gasteiger partial charge in [-0.15, -0.1) is 0 Å². The summed E-state index contributed by atoms with van der Waals surface area (Å²) in [6.07, 6.45) is -15.4. The highest BCUT2D eigenvalue weighted by Crippen LogP contribution is 2.43. The van der Waals surface area contributed by atoms with Crippen molar-refractivity contribution in [3.05, 3.63) is 46.6 Å². The quantitative estimate of drug-likeness (QED) is 0.163. The van der Waals surface area contributed by atoms with Crippen LogP contribution in [0.3, 0.4) is 0 Å². The van der Waals surface area contributed by atoms with E-state index >= 15 is 0 Å². The van der Waals surface area contributed by atoms with Crippen molar-refractivity contribution in [2.24, 2.45) is 0 Å². The Labute approximate surface area is 249 Å². The Balaban J connectivity index is 1.43. The van der Waals surface area contributed by atoms with Crippen molar-refractivity contribution in [3.63, 3.8) is 0 Å². The first-order valence-corrected chi connectivity index (χ1v) is 13.7. The molecule has 0 saturated carbocycles. The van der Waals surface area contributed by atoms with E-state index in [0.717, 1.165) is 0 Å².